The molecule has 0 bridgehead atoms. The van der Waals surface area contributed by atoms with Crippen LogP contribution >= 0.6 is 0 Å². The van der Waals surface area contributed by atoms with Gasteiger partial charge in [0.25, 0.3) is 0 Å². The molecule has 2 unspecified atom stereocenters. The van der Waals surface area contributed by atoms with Crippen LogP contribution in [0.5, 0.6) is 0 Å². The predicted octanol–water partition coefficient (Wildman–Crippen LogP) is -2.63. The first-order chi connectivity index (χ1) is 6.24. The van der Waals surface area contributed by atoms with E-state index in [4.69, 9.17) is 20.1 Å². The highest BCUT2D eigenvalue weighted by molar-refractivity contribution is 5.56. The lowest BCUT2D eigenvalue weighted by atomic mass is 10.4. The lowest BCUT2D eigenvalue weighted by Gasteiger charge is -2.14. The van der Waals surface area contributed by atoms with Crippen LogP contribution in [0.2, 0.25) is 0 Å². The molecular weight excluding hydrogens is 178 g/mol. The standard InChI is InChI=1S/C7H14NO5/c9-2-1-8-7(4-11)13-5-6(12)3-10/h6-10,12H,1-3,5H2. The Kier molecular flexibility index (Phi) is 7.76. The van der Waals surface area contributed by atoms with E-state index in [1.807, 2.05) is 0 Å². The Balaban J connectivity index is 3.52. The summed E-state index contributed by atoms with van der Waals surface area (Å²) in [6.45, 7) is -0.500. The van der Waals surface area contributed by atoms with Crippen LogP contribution in [-0.2, 0) is 9.53 Å². The van der Waals surface area contributed by atoms with Gasteiger partial charge in [0, 0.05) is 6.54 Å². The van der Waals surface area contributed by atoms with Gasteiger partial charge in [0.05, 0.1) is 19.8 Å². The average Bonchev–Trinajstić information content (AvgIpc) is 2.17. The van der Waals surface area contributed by atoms with Crippen LogP contribution in [0.4, 0.5) is 0 Å². The fraction of sp³-hybridized carbons (Fsp3) is 0.857. The van der Waals surface area contributed by atoms with Crippen molar-refractivity contribution in [1.29, 1.82) is 0 Å². The zero-order chi connectivity index (χ0) is 10.1. The molecule has 0 amide bonds. The third kappa shape index (κ3) is 6.62. The highest BCUT2D eigenvalue weighted by Gasteiger charge is 2.10. The van der Waals surface area contributed by atoms with Crippen molar-refractivity contribution in [3.05, 3.63) is 0 Å². The summed E-state index contributed by atoms with van der Waals surface area (Å²) in [7, 11) is 0. The SMILES string of the molecule is O=[C]C(NCCO)OCC(O)CO. The maximum absolute atomic E-state index is 10.2. The molecule has 0 saturated heterocycles. The molecule has 0 aliphatic carbocycles. The summed E-state index contributed by atoms with van der Waals surface area (Å²) in [5, 5.41) is 28.2. The van der Waals surface area contributed by atoms with Crippen LogP contribution in [0.1, 0.15) is 0 Å². The van der Waals surface area contributed by atoms with Crippen molar-refractivity contribution < 1.29 is 24.9 Å². The van der Waals surface area contributed by atoms with Crippen LogP contribution in [-0.4, -0.2) is 60.3 Å². The maximum Gasteiger partial charge on any atom is 0.246 e. The highest BCUT2D eigenvalue weighted by atomic mass is 16.5. The van der Waals surface area contributed by atoms with Crippen LogP contribution in [0.15, 0.2) is 0 Å². The van der Waals surface area contributed by atoms with Crippen molar-refractivity contribution in [2.75, 3.05) is 26.4 Å². The molecule has 77 valence electrons. The van der Waals surface area contributed by atoms with Gasteiger partial charge in [-0.1, -0.05) is 0 Å². The summed E-state index contributed by atoms with van der Waals surface area (Å²) in [4.78, 5) is 10.2. The minimum Gasteiger partial charge on any atom is -0.395 e. The minimum absolute atomic E-state index is 0.121. The van der Waals surface area contributed by atoms with E-state index in [0.29, 0.717) is 0 Å². The largest absolute Gasteiger partial charge is 0.395 e. The molecule has 0 heterocycles. The third-order valence-electron chi connectivity index (χ3n) is 1.21. The topological polar surface area (TPSA) is 99.0 Å². The molecule has 0 aliphatic heterocycles. The van der Waals surface area contributed by atoms with Gasteiger partial charge >= 0.3 is 0 Å². The number of rotatable bonds is 8. The number of aliphatic hydroxyl groups excluding tert-OH is 3. The molecule has 0 aliphatic rings. The fourth-order valence-corrected chi connectivity index (χ4v) is 0.590. The quantitative estimate of drug-likeness (QED) is 0.314. The van der Waals surface area contributed by atoms with Gasteiger partial charge in [0.15, 0.2) is 6.23 Å². The van der Waals surface area contributed by atoms with Crippen molar-refractivity contribution in [2.24, 2.45) is 0 Å². The smallest absolute Gasteiger partial charge is 0.246 e. The summed E-state index contributed by atoms with van der Waals surface area (Å²) in [5.74, 6) is 0. The van der Waals surface area contributed by atoms with Crippen LogP contribution in [0.3, 0.4) is 0 Å². The van der Waals surface area contributed by atoms with Gasteiger partial charge in [-0.15, -0.1) is 0 Å². The van der Waals surface area contributed by atoms with Gasteiger partial charge < -0.3 is 20.1 Å². The Morgan fingerprint density at radius 1 is 1.46 bits per heavy atom. The van der Waals surface area contributed by atoms with Gasteiger partial charge in [0.2, 0.25) is 6.29 Å². The number of nitrogens with one attached hydrogen (secondary N) is 1. The van der Waals surface area contributed by atoms with E-state index in [-0.39, 0.29) is 19.8 Å². The van der Waals surface area contributed by atoms with E-state index < -0.39 is 18.9 Å². The summed E-state index contributed by atoms with van der Waals surface area (Å²) < 4.78 is 4.79. The van der Waals surface area contributed by atoms with E-state index in [0.717, 1.165) is 0 Å². The van der Waals surface area contributed by atoms with E-state index >= 15 is 0 Å². The van der Waals surface area contributed by atoms with Gasteiger partial charge in [0.1, 0.15) is 6.10 Å². The Bertz CT molecular complexity index is 132. The zero-order valence-corrected chi connectivity index (χ0v) is 7.14. The molecule has 0 spiro atoms. The predicted molar refractivity (Wildman–Crippen MR) is 43.6 cm³/mol. The fourth-order valence-electron chi connectivity index (χ4n) is 0.590. The van der Waals surface area contributed by atoms with Crippen molar-refractivity contribution in [2.45, 2.75) is 12.3 Å². The Hall–Kier alpha value is -0.530. The van der Waals surface area contributed by atoms with Crippen LogP contribution in [0, 0.1) is 0 Å². The van der Waals surface area contributed by atoms with Gasteiger partial charge in [-0.05, 0) is 0 Å². The molecule has 2 atom stereocenters. The first kappa shape index (κ1) is 12.5. The number of aliphatic hydroxyl groups is 3. The lowest BCUT2D eigenvalue weighted by Crippen LogP contribution is -2.37. The Labute approximate surface area is 76.1 Å². The number of carbonyl (C=O) groups excluding carboxylic acids is 1. The molecule has 6 nitrogen and oxygen atoms in total. The summed E-state index contributed by atoms with van der Waals surface area (Å²) in [5.41, 5.74) is 0. The molecule has 0 rings (SSSR count). The van der Waals surface area contributed by atoms with E-state index in [1.165, 1.54) is 6.29 Å². The summed E-state index contributed by atoms with van der Waals surface area (Å²) >= 11 is 0. The van der Waals surface area contributed by atoms with Crippen molar-refractivity contribution >= 4 is 6.29 Å². The van der Waals surface area contributed by atoms with Crippen LogP contribution in [0.25, 0.3) is 0 Å². The highest BCUT2D eigenvalue weighted by Crippen LogP contribution is 1.87. The molecule has 1 radical (unpaired) electrons. The maximum atomic E-state index is 10.2. The van der Waals surface area contributed by atoms with Crippen LogP contribution < -0.4 is 5.32 Å². The van der Waals surface area contributed by atoms with E-state index in [1.54, 1.807) is 0 Å². The monoisotopic (exact) mass is 192 g/mol. The average molecular weight is 192 g/mol. The minimum atomic E-state index is -1.01. The summed E-state index contributed by atoms with van der Waals surface area (Å²) in [6, 6.07) is 0. The second kappa shape index (κ2) is 8.09. The molecule has 0 aromatic rings. The normalized spacial score (nSPS) is 15.3. The van der Waals surface area contributed by atoms with Crippen molar-refractivity contribution in [3.8, 4) is 0 Å². The molecule has 0 aromatic heterocycles. The Morgan fingerprint density at radius 2 is 2.15 bits per heavy atom. The molecule has 0 saturated carbocycles. The van der Waals surface area contributed by atoms with Crippen molar-refractivity contribution in [3.63, 3.8) is 0 Å². The van der Waals surface area contributed by atoms with Gasteiger partial charge in [-0.2, -0.15) is 0 Å². The lowest BCUT2D eigenvalue weighted by molar-refractivity contribution is -0.0183. The first-order valence-corrected chi connectivity index (χ1v) is 3.87. The number of ether oxygens (including phenoxy) is 1. The third-order valence-corrected chi connectivity index (χ3v) is 1.21. The Morgan fingerprint density at radius 3 is 2.62 bits per heavy atom. The molecule has 0 aromatic carbocycles. The second-order valence-corrected chi connectivity index (χ2v) is 2.35. The van der Waals surface area contributed by atoms with Gasteiger partial charge in [-0.3, -0.25) is 10.1 Å². The molecule has 13 heavy (non-hydrogen) atoms. The molecule has 0 fully saturated rings. The van der Waals surface area contributed by atoms with E-state index in [9.17, 15) is 4.79 Å². The number of hydrogen-bond donors (Lipinski definition) is 4. The summed E-state index contributed by atoms with van der Waals surface area (Å²) in [6.07, 6.45) is -0.457. The number of hydrogen-bond acceptors (Lipinski definition) is 6. The van der Waals surface area contributed by atoms with Crippen molar-refractivity contribution in [1.82, 2.24) is 5.32 Å². The zero-order valence-electron chi connectivity index (χ0n) is 7.14. The molecular formula is C7H14NO5. The molecule has 6 heteroatoms. The van der Waals surface area contributed by atoms with E-state index in [2.05, 4.69) is 5.32 Å². The molecule has 4 N–H and O–H groups in total. The van der Waals surface area contributed by atoms with Gasteiger partial charge in [-0.25, -0.2) is 0 Å². The first-order valence-electron chi connectivity index (χ1n) is 3.87. The second-order valence-electron chi connectivity index (χ2n) is 2.35.